The fraction of sp³-hybridized carbons (Fsp3) is 0.478. The number of phenolic OH excluding ortho intramolecular Hbond substituents is 1. The van der Waals surface area contributed by atoms with E-state index in [0.717, 1.165) is 37.7 Å². The molecule has 0 bridgehead atoms. The molecule has 2 unspecified atom stereocenters. The Hall–Kier alpha value is -2.74. The molecular weight excluding hydrogens is 354 g/mol. The number of rotatable bonds is 8. The first-order valence-corrected chi connectivity index (χ1v) is 9.97. The molecule has 1 aliphatic rings. The molecule has 1 fully saturated rings. The van der Waals surface area contributed by atoms with Gasteiger partial charge in [0.1, 0.15) is 11.5 Å². The number of aryl methyl sites for hydroxylation is 2. The van der Waals surface area contributed by atoms with Gasteiger partial charge in [-0.25, -0.2) is 4.79 Å². The molecule has 5 nitrogen and oxygen atoms in total. The van der Waals surface area contributed by atoms with Gasteiger partial charge in [-0.3, -0.25) is 0 Å². The molecule has 1 aromatic carbocycles. The second-order valence-electron chi connectivity index (χ2n) is 7.95. The Morgan fingerprint density at radius 3 is 2.71 bits per heavy atom. The van der Waals surface area contributed by atoms with E-state index in [1.165, 1.54) is 6.07 Å². The Balaban J connectivity index is 1.58. The van der Waals surface area contributed by atoms with Gasteiger partial charge in [-0.2, -0.15) is 5.26 Å². The van der Waals surface area contributed by atoms with Gasteiger partial charge in [0, 0.05) is 12.3 Å². The number of carbonyl (C=O) groups is 1. The van der Waals surface area contributed by atoms with Crippen LogP contribution in [0.2, 0.25) is 0 Å². The molecule has 0 amide bonds. The number of carboxylic acid groups (broad SMARTS) is 1. The van der Waals surface area contributed by atoms with E-state index >= 15 is 0 Å². The van der Waals surface area contributed by atoms with Crippen molar-refractivity contribution in [3.05, 3.63) is 53.5 Å². The van der Waals surface area contributed by atoms with Crippen molar-refractivity contribution in [2.75, 3.05) is 0 Å². The van der Waals surface area contributed by atoms with E-state index in [0.29, 0.717) is 29.9 Å². The first-order valence-electron chi connectivity index (χ1n) is 9.97. The van der Waals surface area contributed by atoms with Crippen molar-refractivity contribution >= 4 is 5.97 Å². The van der Waals surface area contributed by atoms with Crippen LogP contribution in [0.3, 0.4) is 0 Å². The average molecular weight is 381 g/mol. The monoisotopic (exact) mass is 381 g/mol. The van der Waals surface area contributed by atoms with Crippen LogP contribution in [0.15, 0.2) is 40.8 Å². The predicted octanol–water partition coefficient (Wildman–Crippen LogP) is 5.05. The Labute approximate surface area is 165 Å². The van der Waals surface area contributed by atoms with Crippen LogP contribution in [0.1, 0.15) is 54.5 Å². The molecule has 1 saturated carbocycles. The number of aromatic carboxylic acids is 1. The van der Waals surface area contributed by atoms with Crippen LogP contribution < -0.4 is 0 Å². The van der Waals surface area contributed by atoms with Crippen LogP contribution in [0.5, 0.6) is 5.75 Å². The summed E-state index contributed by atoms with van der Waals surface area (Å²) in [5.41, 5.74) is 1.10. The second kappa shape index (κ2) is 8.97. The molecule has 1 aliphatic carbocycles. The molecule has 0 spiro atoms. The number of phenols is 1. The van der Waals surface area contributed by atoms with Gasteiger partial charge in [0.15, 0.2) is 0 Å². The lowest BCUT2D eigenvalue weighted by Gasteiger charge is -2.24. The number of furan rings is 1. The van der Waals surface area contributed by atoms with Crippen LogP contribution in [0, 0.1) is 35.0 Å². The molecule has 3 rings (SSSR count). The first-order chi connectivity index (χ1) is 13.5. The number of nitriles is 1. The zero-order chi connectivity index (χ0) is 20.1. The SMILES string of the molecule is CC1CC(C#N)[C@H](CCc2cccc(O)c2)[C@H]1CCCc1ccc(C(=O)O)o1. The normalized spacial score (nSPS) is 24.1. The molecule has 1 heterocycles. The van der Waals surface area contributed by atoms with Crippen molar-refractivity contribution in [3.8, 4) is 11.8 Å². The molecule has 2 N–H and O–H groups in total. The predicted molar refractivity (Wildman–Crippen MR) is 105 cm³/mol. The molecule has 148 valence electrons. The summed E-state index contributed by atoms with van der Waals surface area (Å²) in [6.45, 7) is 2.23. The van der Waals surface area contributed by atoms with Crippen molar-refractivity contribution in [3.63, 3.8) is 0 Å². The third-order valence-electron chi connectivity index (χ3n) is 6.10. The highest BCUT2D eigenvalue weighted by molar-refractivity contribution is 5.84. The molecule has 28 heavy (non-hydrogen) atoms. The zero-order valence-electron chi connectivity index (χ0n) is 16.2. The summed E-state index contributed by atoms with van der Waals surface area (Å²) in [7, 11) is 0. The van der Waals surface area contributed by atoms with Crippen LogP contribution in [-0.2, 0) is 12.8 Å². The minimum absolute atomic E-state index is 0.0160. The summed E-state index contributed by atoms with van der Waals surface area (Å²) in [6.07, 6.45) is 5.39. The van der Waals surface area contributed by atoms with Crippen molar-refractivity contribution < 1.29 is 19.4 Å². The third kappa shape index (κ3) is 4.75. The van der Waals surface area contributed by atoms with Crippen molar-refractivity contribution in [1.29, 1.82) is 5.26 Å². The first kappa shape index (κ1) is 20.0. The molecule has 0 radical (unpaired) electrons. The number of carboxylic acids is 1. The number of hydrogen-bond acceptors (Lipinski definition) is 4. The molecule has 2 aromatic rings. The highest BCUT2D eigenvalue weighted by atomic mass is 16.4. The summed E-state index contributed by atoms with van der Waals surface area (Å²) in [5, 5.41) is 28.2. The van der Waals surface area contributed by atoms with Crippen molar-refractivity contribution in [1.82, 2.24) is 0 Å². The fourth-order valence-electron chi connectivity index (χ4n) is 4.72. The number of nitrogens with zero attached hydrogens (tertiary/aromatic N) is 1. The van der Waals surface area contributed by atoms with Crippen molar-refractivity contribution in [2.45, 2.75) is 45.4 Å². The molecule has 4 atom stereocenters. The largest absolute Gasteiger partial charge is 0.508 e. The third-order valence-corrected chi connectivity index (χ3v) is 6.10. The molecule has 1 aromatic heterocycles. The summed E-state index contributed by atoms with van der Waals surface area (Å²) in [6, 6.07) is 13.1. The smallest absolute Gasteiger partial charge is 0.371 e. The van der Waals surface area contributed by atoms with Gasteiger partial charge < -0.3 is 14.6 Å². The lowest BCUT2D eigenvalue weighted by molar-refractivity contribution is 0.0660. The summed E-state index contributed by atoms with van der Waals surface area (Å²) >= 11 is 0. The van der Waals surface area contributed by atoms with Crippen LogP contribution in [0.25, 0.3) is 0 Å². The van der Waals surface area contributed by atoms with Crippen molar-refractivity contribution in [2.24, 2.45) is 23.7 Å². The van der Waals surface area contributed by atoms with E-state index in [-0.39, 0.29) is 17.4 Å². The lowest BCUT2D eigenvalue weighted by Crippen LogP contribution is -2.18. The minimum Gasteiger partial charge on any atom is -0.508 e. The average Bonchev–Trinajstić information content (AvgIpc) is 3.25. The van der Waals surface area contributed by atoms with Crippen LogP contribution in [0.4, 0.5) is 0 Å². The Bertz CT molecular complexity index is 850. The van der Waals surface area contributed by atoms with Gasteiger partial charge in [0.05, 0.1) is 6.07 Å². The maximum absolute atomic E-state index is 10.9. The topological polar surface area (TPSA) is 94.5 Å². The Morgan fingerprint density at radius 1 is 1.21 bits per heavy atom. The van der Waals surface area contributed by atoms with E-state index in [4.69, 9.17) is 9.52 Å². The zero-order valence-corrected chi connectivity index (χ0v) is 16.2. The van der Waals surface area contributed by atoms with E-state index in [9.17, 15) is 15.2 Å². The van der Waals surface area contributed by atoms with Gasteiger partial charge in [0.25, 0.3) is 0 Å². The van der Waals surface area contributed by atoms with E-state index in [1.807, 2.05) is 12.1 Å². The summed E-state index contributed by atoms with van der Waals surface area (Å²) in [5.74, 6) is 1.35. The second-order valence-corrected chi connectivity index (χ2v) is 7.95. The van der Waals surface area contributed by atoms with Gasteiger partial charge in [-0.15, -0.1) is 0 Å². The van der Waals surface area contributed by atoms with Crippen LogP contribution in [-0.4, -0.2) is 16.2 Å². The maximum atomic E-state index is 10.9. The quantitative estimate of drug-likeness (QED) is 0.667. The minimum atomic E-state index is -1.04. The standard InChI is InChI=1S/C23H27NO4/c1-15-12-17(14-24)21(10-8-16-4-2-5-18(25)13-16)20(15)7-3-6-19-9-11-22(28-19)23(26)27/h2,4-5,9,11,13,15,17,20-21,25H,3,6-8,10,12H2,1H3,(H,26,27)/t15?,17?,20-,21-/m0/s1. The Kier molecular flexibility index (Phi) is 6.41. The fourth-order valence-corrected chi connectivity index (χ4v) is 4.72. The van der Waals surface area contributed by atoms with Gasteiger partial charge in [-0.05, 0) is 79.7 Å². The lowest BCUT2D eigenvalue weighted by atomic mass is 9.80. The van der Waals surface area contributed by atoms with E-state index in [2.05, 4.69) is 13.0 Å². The maximum Gasteiger partial charge on any atom is 0.371 e. The van der Waals surface area contributed by atoms with E-state index in [1.54, 1.807) is 18.2 Å². The summed E-state index contributed by atoms with van der Waals surface area (Å²) in [4.78, 5) is 10.9. The van der Waals surface area contributed by atoms with Crippen LogP contribution >= 0.6 is 0 Å². The van der Waals surface area contributed by atoms with E-state index < -0.39 is 5.97 Å². The molecule has 0 saturated heterocycles. The number of aromatic hydroxyl groups is 1. The molecule has 5 heteroatoms. The molecule has 0 aliphatic heterocycles. The highest BCUT2D eigenvalue weighted by Crippen LogP contribution is 2.46. The van der Waals surface area contributed by atoms with Gasteiger partial charge in [0.2, 0.25) is 5.76 Å². The van der Waals surface area contributed by atoms with Gasteiger partial charge in [-0.1, -0.05) is 19.1 Å². The Morgan fingerprint density at radius 2 is 2.04 bits per heavy atom. The van der Waals surface area contributed by atoms with Gasteiger partial charge >= 0.3 is 5.97 Å². The molecular formula is C23H27NO4. The highest BCUT2D eigenvalue weighted by Gasteiger charge is 2.40. The summed E-state index contributed by atoms with van der Waals surface area (Å²) < 4.78 is 5.35. The number of hydrogen-bond donors (Lipinski definition) is 2. The number of benzene rings is 1.